The van der Waals surface area contributed by atoms with Crippen LogP contribution in [0, 0.1) is 6.92 Å². The lowest BCUT2D eigenvalue weighted by atomic mass is 10.0. The van der Waals surface area contributed by atoms with Gasteiger partial charge < -0.3 is 9.47 Å². The van der Waals surface area contributed by atoms with Crippen LogP contribution in [0.3, 0.4) is 0 Å². The molecule has 1 aliphatic carbocycles. The predicted octanol–water partition coefficient (Wildman–Crippen LogP) is 3.26. The SMILES string of the molecule is COc1cc(C)c(C2CC2Br)cc1OC. The normalized spacial score (nSPS) is 23.7. The van der Waals surface area contributed by atoms with E-state index in [4.69, 9.17) is 9.47 Å². The van der Waals surface area contributed by atoms with Crippen LogP contribution < -0.4 is 9.47 Å². The van der Waals surface area contributed by atoms with E-state index >= 15 is 0 Å². The third-order valence-electron chi connectivity index (χ3n) is 2.88. The van der Waals surface area contributed by atoms with Gasteiger partial charge >= 0.3 is 0 Å². The Morgan fingerprint density at radius 2 is 1.73 bits per heavy atom. The maximum atomic E-state index is 5.30. The van der Waals surface area contributed by atoms with Gasteiger partial charge in [-0.2, -0.15) is 0 Å². The van der Waals surface area contributed by atoms with E-state index in [0.29, 0.717) is 10.7 Å². The van der Waals surface area contributed by atoms with E-state index < -0.39 is 0 Å². The minimum Gasteiger partial charge on any atom is -0.493 e. The third kappa shape index (κ3) is 1.98. The fourth-order valence-corrected chi connectivity index (χ4v) is 2.57. The van der Waals surface area contributed by atoms with Gasteiger partial charge in [0, 0.05) is 4.83 Å². The first-order valence-corrected chi connectivity index (χ1v) is 5.95. The summed E-state index contributed by atoms with van der Waals surface area (Å²) in [6.45, 7) is 2.12. The van der Waals surface area contributed by atoms with Gasteiger partial charge in [-0.25, -0.2) is 0 Å². The summed E-state index contributed by atoms with van der Waals surface area (Å²) in [5.74, 6) is 2.28. The molecule has 2 nitrogen and oxygen atoms in total. The summed E-state index contributed by atoms with van der Waals surface area (Å²) in [4.78, 5) is 0.634. The maximum Gasteiger partial charge on any atom is 0.161 e. The van der Waals surface area contributed by atoms with E-state index in [1.54, 1.807) is 14.2 Å². The van der Waals surface area contributed by atoms with E-state index in [1.165, 1.54) is 17.5 Å². The Morgan fingerprint density at radius 3 is 2.20 bits per heavy atom. The van der Waals surface area contributed by atoms with E-state index in [9.17, 15) is 0 Å². The summed E-state index contributed by atoms with van der Waals surface area (Å²) in [5.41, 5.74) is 2.65. The van der Waals surface area contributed by atoms with Gasteiger partial charge in [0.15, 0.2) is 11.5 Å². The van der Waals surface area contributed by atoms with Gasteiger partial charge in [-0.3, -0.25) is 0 Å². The van der Waals surface area contributed by atoms with Gasteiger partial charge in [0.05, 0.1) is 14.2 Å². The second-order valence-electron chi connectivity index (χ2n) is 3.92. The molecule has 0 spiro atoms. The zero-order valence-electron chi connectivity index (χ0n) is 9.21. The quantitative estimate of drug-likeness (QED) is 0.785. The lowest BCUT2D eigenvalue weighted by molar-refractivity contribution is 0.354. The van der Waals surface area contributed by atoms with Crippen molar-refractivity contribution in [1.29, 1.82) is 0 Å². The molecule has 3 heteroatoms. The summed E-state index contributed by atoms with van der Waals surface area (Å²) < 4.78 is 10.6. The number of rotatable bonds is 3. The van der Waals surface area contributed by atoms with Gasteiger partial charge in [0.1, 0.15) is 0 Å². The Morgan fingerprint density at radius 1 is 1.20 bits per heavy atom. The van der Waals surface area contributed by atoms with Gasteiger partial charge in [-0.05, 0) is 42.5 Å². The molecule has 0 amide bonds. The Balaban J connectivity index is 2.39. The highest BCUT2D eigenvalue weighted by Crippen LogP contribution is 2.49. The van der Waals surface area contributed by atoms with E-state index in [0.717, 1.165) is 11.5 Å². The molecule has 1 aromatic carbocycles. The molecular formula is C12H15BrO2. The van der Waals surface area contributed by atoms with Crippen LogP contribution in [-0.4, -0.2) is 19.0 Å². The molecular weight excluding hydrogens is 256 g/mol. The standard InChI is InChI=1S/C12H15BrO2/c1-7-4-11(14-2)12(15-3)6-8(7)9-5-10(9)13/h4,6,9-10H,5H2,1-3H3. The Labute approximate surface area is 98.7 Å². The number of halogens is 1. The van der Waals surface area contributed by atoms with Crippen molar-refractivity contribution < 1.29 is 9.47 Å². The van der Waals surface area contributed by atoms with Crippen LogP contribution in [0.1, 0.15) is 23.5 Å². The van der Waals surface area contributed by atoms with Crippen LogP contribution >= 0.6 is 15.9 Å². The molecule has 2 atom stereocenters. The highest BCUT2D eigenvalue weighted by Gasteiger charge is 2.37. The molecule has 15 heavy (non-hydrogen) atoms. The van der Waals surface area contributed by atoms with Crippen molar-refractivity contribution in [1.82, 2.24) is 0 Å². The highest BCUT2D eigenvalue weighted by atomic mass is 79.9. The average Bonchev–Trinajstić information content (AvgIpc) is 2.94. The third-order valence-corrected chi connectivity index (χ3v) is 3.90. The highest BCUT2D eigenvalue weighted by molar-refractivity contribution is 9.09. The predicted molar refractivity (Wildman–Crippen MR) is 64.4 cm³/mol. The topological polar surface area (TPSA) is 18.5 Å². The van der Waals surface area contributed by atoms with Crippen LogP contribution in [0.5, 0.6) is 11.5 Å². The molecule has 0 heterocycles. The smallest absolute Gasteiger partial charge is 0.161 e. The summed E-state index contributed by atoms with van der Waals surface area (Å²) in [5, 5.41) is 0. The number of alkyl halides is 1. The zero-order chi connectivity index (χ0) is 11.0. The first kappa shape index (κ1) is 10.8. The van der Waals surface area contributed by atoms with Crippen molar-refractivity contribution in [3.8, 4) is 11.5 Å². The molecule has 1 aromatic rings. The molecule has 1 saturated carbocycles. The lowest BCUT2D eigenvalue weighted by Gasteiger charge is -2.12. The molecule has 0 aromatic heterocycles. The first-order chi connectivity index (χ1) is 7.17. The minimum absolute atomic E-state index is 0.634. The summed E-state index contributed by atoms with van der Waals surface area (Å²) in [6, 6.07) is 4.15. The van der Waals surface area contributed by atoms with Gasteiger partial charge in [-0.1, -0.05) is 15.9 Å². The molecule has 0 aliphatic heterocycles. The van der Waals surface area contributed by atoms with Crippen molar-refractivity contribution in [2.75, 3.05) is 14.2 Å². The van der Waals surface area contributed by atoms with Gasteiger partial charge in [0.25, 0.3) is 0 Å². The van der Waals surface area contributed by atoms with Gasteiger partial charge in [0.2, 0.25) is 0 Å². The molecule has 0 radical (unpaired) electrons. The molecule has 2 unspecified atom stereocenters. The first-order valence-electron chi connectivity index (χ1n) is 5.04. The molecule has 1 fully saturated rings. The molecule has 82 valence electrons. The summed E-state index contributed by atoms with van der Waals surface area (Å²) in [7, 11) is 3.34. The fourth-order valence-electron chi connectivity index (χ4n) is 1.88. The second kappa shape index (κ2) is 4.05. The molecule has 2 rings (SSSR count). The van der Waals surface area contributed by atoms with E-state index in [-0.39, 0.29) is 0 Å². The summed E-state index contributed by atoms with van der Waals surface area (Å²) >= 11 is 3.63. The molecule has 0 saturated heterocycles. The average molecular weight is 271 g/mol. The van der Waals surface area contributed by atoms with Crippen molar-refractivity contribution in [3.05, 3.63) is 23.3 Å². The van der Waals surface area contributed by atoms with Crippen molar-refractivity contribution in [2.45, 2.75) is 24.1 Å². The van der Waals surface area contributed by atoms with Gasteiger partial charge in [-0.15, -0.1) is 0 Å². The molecule has 1 aliphatic rings. The van der Waals surface area contributed by atoms with Crippen LogP contribution in [0.15, 0.2) is 12.1 Å². The van der Waals surface area contributed by atoms with E-state index in [2.05, 4.69) is 28.9 Å². The largest absolute Gasteiger partial charge is 0.493 e. The maximum absolute atomic E-state index is 5.30. The number of hydrogen-bond donors (Lipinski definition) is 0. The number of methoxy groups -OCH3 is 2. The van der Waals surface area contributed by atoms with Crippen LogP contribution in [0.4, 0.5) is 0 Å². The molecule has 0 bridgehead atoms. The van der Waals surface area contributed by atoms with Crippen molar-refractivity contribution in [2.24, 2.45) is 0 Å². The number of benzene rings is 1. The number of hydrogen-bond acceptors (Lipinski definition) is 2. The van der Waals surface area contributed by atoms with E-state index in [1.807, 2.05) is 6.07 Å². The zero-order valence-corrected chi connectivity index (χ0v) is 10.8. The lowest BCUT2D eigenvalue weighted by Crippen LogP contribution is -1.95. The number of ether oxygens (including phenoxy) is 2. The minimum atomic E-state index is 0.634. The monoisotopic (exact) mass is 270 g/mol. The summed E-state index contributed by atoms with van der Waals surface area (Å²) in [6.07, 6.45) is 1.22. The Hall–Kier alpha value is -0.700. The molecule has 0 N–H and O–H groups in total. The Kier molecular flexibility index (Phi) is 2.91. The van der Waals surface area contributed by atoms with Crippen molar-refractivity contribution >= 4 is 15.9 Å². The second-order valence-corrected chi connectivity index (χ2v) is 5.10. The van der Waals surface area contributed by atoms with Crippen LogP contribution in [0.25, 0.3) is 0 Å². The van der Waals surface area contributed by atoms with Crippen LogP contribution in [0.2, 0.25) is 0 Å². The number of aryl methyl sites for hydroxylation is 1. The van der Waals surface area contributed by atoms with Crippen molar-refractivity contribution in [3.63, 3.8) is 0 Å². The van der Waals surface area contributed by atoms with Crippen LogP contribution in [-0.2, 0) is 0 Å². The fraction of sp³-hybridized carbons (Fsp3) is 0.500. The Bertz CT molecular complexity index is 376.